The first-order chi connectivity index (χ1) is 13.3. The van der Waals surface area contributed by atoms with Gasteiger partial charge in [-0.25, -0.2) is 4.98 Å². The average Bonchev–Trinajstić information content (AvgIpc) is 3.38. The number of imidazole rings is 1. The summed E-state index contributed by atoms with van der Waals surface area (Å²) in [4.78, 5) is 29.4. The summed E-state index contributed by atoms with van der Waals surface area (Å²) >= 11 is 0. The van der Waals surface area contributed by atoms with Gasteiger partial charge in [-0.15, -0.1) is 0 Å². The van der Waals surface area contributed by atoms with Gasteiger partial charge in [0.25, 0.3) is 11.8 Å². The van der Waals surface area contributed by atoms with E-state index in [0.717, 1.165) is 11.1 Å². The molecular formula is C19H19N5O4. The minimum atomic E-state index is -1.69. The zero-order valence-electron chi connectivity index (χ0n) is 15.4. The van der Waals surface area contributed by atoms with Crippen molar-refractivity contribution in [3.63, 3.8) is 0 Å². The third-order valence-corrected chi connectivity index (χ3v) is 4.98. The molecule has 3 heterocycles. The molecule has 1 fully saturated rings. The number of amides is 2. The fourth-order valence-electron chi connectivity index (χ4n) is 3.36. The van der Waals surface area contributed by atoms with E-state index in [2.05, 4.69) is 10.1 Å². The van der Waals surface area contributed by atoms with E-state index in [0.29, 0.717) is 17.9 Å². The van der Waals surface area contributed by atoms with E-state index >= 15 is 0 Å². The minimum Gasteiger partial charge on any atom is -0.373 e. The molecule has 1 aliphatic rings. The maximum Gasteiger partial charge on any atom is 0.284 e. The summed E-state index contributed by atoms with van der Waals surface area (Å²) in [6.45, 7) is 0.447. The van der Waals surface area contributed by atoms with Gasteiger partial charge in [0.1, 0.15) is 5.69 Å². The Labute approximate surface area is 160 Å². The number of primary amides is 1. The molecule has 3 N–H and O–H groups in total. The Balaban J connectivity index is 1.68. The molecule has 0 bridgehead atoms. The molecule has 1 unspecified atom stereocenters. The average molecular weight is 381 g/mol. The standard InChI is InChI=1S/C19H19N5O4/c1-23-7-6-19(27,18(23)26)15-9-13(22-28-15)11-4-3-5-12(8-11)14-10-24(2)17(21-14)16(20)25/h3-5,8-10,27H,6-7H2,1-2H3,(H2,20,25). The van der Waals surface area contributed by atoms with Crippen molar-refractivity contribution >= 4 is 11.8 Å². The van der Waals surface area contributed by atoms with E-state index in [-0.39, 0.29) is 18.0 Å². The van der Waals surface area contributed by atoms with Crippen LogP contribution in [0.2, 0.25) is 0 Å². The van der Waals surface area contributed by atoms with E-state index < -0.39 is 17.4 Å². The van der Waals surface area contributed by atoms with Crippen LogP contribution in [0.1, 0.15) is 22.8 Å². The lowest BCUT2D eigenvalue weighted by atomic mass is 9.98. The number of benzene rings is 1. The third kappa shape index (κ3) is 2.76. The summed E-state index contributed by atoms with van der Waals surface area (Å²) in [5.74, 6) is -0.728. The second kappa shape index (κ2) is 6.31. The fourth-order valence-corrected chi connectivity index (χ4v) is 3.36. The molecule has 2 aromatic heterocycles. The number of aliphatic hydroxyl groups is 1. The Morgan fingerprint density at radius 2 is 1.96 bits per heavy atom. The lowest BCUT2D eigenvalue weighted by molar-refractivity contribution is -0.144. The first kappa shape index (κ1) is 17.9. The number of aryl methyl sites for hydroxylation is 1. The predicted octanol–water partition coefficient (Wildman–Crippen LogP) is 0.891. The molecule has 2 amide bonds. The Morgan fingerprint density at radius 3 is 2.57 bits per heavy atom. The Hall–Kier alpha value is -3.46. The number of aromatic nitrogens is 3. The highest BCUT2D eigenvalue weighted by atomic mass is 16.5. The highest BCUT2D eigenvalue weighted by Crippen LogP contribution is 2.35. The summed E-state index contributed by atoms with van der Waals surface area (Å²) in [5.41, 5.74) is 6.20. The first-order valence-electron chi connectivity index (χ1n) is 8.69. The van der Waals surface area contributed by atoms with Crippen LogP contribution in [0.5, 0.6) is 0 Å². The van der Waals surface area contributed by atoms with E-state index in [4.69, 9.17) is 10.3 Å². The SMILES string of the molecule is CN1CCC(O)(c2cc(-c3cccc(-c4cn(C)c(C(N)=O)n4)c3)no2)C1=O. The number of carbonyl (C=O) groups is 2. The lowest BCUT2D eigenvalue weighted by Gasteiger charge is -2.16. The Kier molecular flexibility index (Phi) is 4.04. The van der Waals surface area contributed by atoms with E-state index in [1.165, 1.54) is 4.90 Å². The smallest absolute Gasteiger partial charge is 0.284 e. The molecule has 9 nitrogen and oxygen atoms in total. The van der Waals surface area contributed by atoms with Gasteiger partial charge in [-0.05, 0) is 6.07 Å². The van der Waals surface area contributed by atoms with Crippen LogP contribution >= 0.6 is 0 Å². The third-order valence-electron chi connectivity index (χ3n) is 4.98. The molecule has 0 aliphatic carbocycles. The number of likely N-dealkylation sites (N-methyl/N-ethyl adjacent to an activating group) is 1. The van der Waals surface area contributed by atoms with Gasteiger partial charge in [0.2, 0.25) is 5.60 Å². The molecule has 1 saturated heterocycles. The molecule has 144 valence electrons. The number of hydrogen-bond donors (Lipinski definition) is 2. The van der Waals surface area contributed by atoms with E-state index in [1.807, 2.05) is 24.3 Å². The van der Waals surface area contributed by atoms with Gasteiger partial charge in [-0.1, -0.05) is 23.4 Å². The number of carbonyl (C=O) groups excluding carboxylic acids is 2. The van der Waals surface area contributed by atoms with Crippen LogP contribution in [0.25, 0.3) is 22.5 Å². The lowest BCUT2D eigenvalue weighted by Crippen LogP contribution is -2.35. The van der Waals surface area contributed by atoms with Gasteiger partial charge in [0.15, 0.2) is 11.6 Å². The van der Waals surface area contributed by atoms with Crippen LogP contribution in [0.3, 0.4) is 0 Å². The summed E-state index contributed by atoms with van der Waals surface area (Å²) in [7, 11) is 3.33. The van der Waals surface area contributed by atoms with Crippen LogP contribution in [0.4, 0.5) is 0 Å². The van der Waals surface area contributed by atoms with Crippen molar-refractivity contribution in [3.8, 4) is 22.5 Å². The number of nitrogens with two attached hydrogens (primary N) is 1. The monoisotopic (exact) mass is 381 g/mol. The quantitative estimate of drug-likeness (QED) is 0.691. The van der Waals surface area contributed by atoms with Crippen molar-refractivity contribution in [2.75, 3.05) is 13.6 Å². The molecule has 0 spiro atoms. The van der Waals surface area contributed by atoms with Crippen LogP contribution in [-0.2, 0) is 17.4 Å². The molecule has 3 aromatic rings. The second-order valence-corrected chi connectivity index (χ2v) is 6.92. The van der Waals surface area contributed by atoms with Gasteiger partial charge in [0.05, 0.1) is 5.69 Å². The number of rotatable bonds is 4. The molecule has 4 rings (SSSR count). The van der Waals surface area contributed by atoms with Crippen molar-refractivity contribution in [3.05, 3.63) is 48.1 Å². The van der Waals surface area contributed by atoms with Crippen molar-refractivity contribution in [2.24, 2.45) is 12.8 Å². The topological polar surface area (TPSA) is 127 Å². The zero-order chi connectivity index (χ0) is 20.1. The highest BCUT2D eigenvalue weighted by molar-refractivity contribution is 5.90. The number of hydrogen-bond acceptors (Lipinski definition) is 6. The zero-order valence-corrected chi connectivity index (χ0v) is 15.4. The van der Waals surface area contributed by atoms with E-state index in [1.54, 1.807) is 30.9 Å². The molecule has 1 aliphatic heterocycles. The van der Waals surface area contributed by atoms with Crippen molar-refractivity contribution in [1.82, 2.24) is 19.6 Å². The van der Waals surface area contributed by atoms with Crippen LogP contribution in [0.15, 0.2) is 41.1 Å². The second-order valence-electron chi connectivity index (χ2n) is 6.92. The van der Waals surface area contributed by atoms with Gasteiger partial charge in [0, 0.05) is 50.5 Å². The minimum absolute atomic E-state index is 0.121. The highest BCUT2D eigenvalue weighted by Gasteiger charge is 2.48. The Bertz CT molecular complexity index is 1090. The molecule has 1 aromatic carbocycles. The number of likely N-dealkylation sites (tertiary alicyclic amines) is 1. The van der Waals surface area contributed by atoms with Crippen LogP contribution in [-0.4, -0.2) is 50.1 Å². The fraction of sp³-hybridized carbons (Fsp3) is 0.263. The van der Waals surface area contributed by atoms with E-state index in [9.17, 15) is 14.7 Å². The van der Waals surface area contributed by atoms with Crippen molar-refractivity contribution < 1.29 is 19.2 Å². The molecule has 28 heavy (non-hydrogen) atoms. The summed E-state index contributed by atoms with van der Waals surface area (Å²) < 4.78 is 6.86. The largest absolute Gasteiger partial charge is 0.373 e. The first-order valence-corrected chi connectivity index (χ1v) is 8.69. The van der Waals surface area contributed by atoms with Gasteiger partial charge < -0.3 is 24.8 Å². The maximum atomic E-state index is 12.2. The van der Waals surface area contributed by atoms with Gasteiger partial charge in [-0.2, -0.15) is 0 Å². The van der Waals surface area contributed by atoms with Crippen LogP contribution < -0.4 is 5.73 Å². The predicted molar refractivity (Wildman–Crippen MR) is 98.8 cm³/mol. The molecule has 1 atom stereocenters. The summed E-state index contributed by atoms with van der Waals surface area (Å²) in [5, 5.41) is 14.7. The normalized spacial score (nSPS) is 19.4. The Morgan fingerprint density at radius 1 is 1.25 bits per heavy atom. The molecule has 0 saturated carbocycles. The van der Waals surface area contributed by atoms with Gasteiger partial charge in [-0.3, -0.25) is 9.59 Å². The van der Waals surface area contributed by atoms with Crippen molar-refractivity contribution in [1.29, 1.82) is 0 Å². The van der Waals surface area contributed by atoms with Crippen LogP contribution in [0, 0.1) is 0 Å². The summed E-state index contributed by atoms with van der Waals surface area (Å²) in [6, 6.07) is 8.90. The molecule has 9 heteroatoms. The molecule has 0 radical (unpaired) electrons. The summed E-state index contributed by atoms with van der Waals surface area (Å²) in [6.07, 6.45) is 1.96. The molecular weight excluding hydrogens is 362 g/mol. The van der Waals surface area contributed by atoms with Gasteiger partial charge >= 0.3 is 0 Å². The number of nitrogens with zero attached hydrogens (tertiary/aromatic N) is 4. The van der Waals surface area contributed by atoms with Crippen molar-refractivity contribution in [2.45, 2.75) is 12.0 Å². The maximum absolute atomic E-state index is 12.2.